The minimum Gasteiger partial charge on any atom is -0.322 e. The molecule has 2 aromatic rings. The number of aryl methyl sites for hydroxylation is 1. The second-order valence-electron chi connectivity index (χ2n) is 4.78. The predicted octanol–water partition coefficient (Wildman–Crippen LogP) is 3.27. The maximum Gasteiger partial charge on any atom is 0.238 e. The average molecular weight is 292 g/mol. The number of hydrogen-bond acceptors (Lipinski definition) is 3. The van der Waals surface area contributed by atoms with Gasteiger partial charge in [-0.1, -0.05) is 12.1 Å². The smallest absolute Gasteiger partial charge is 0.238 e. The molecule has 0 fully saturated rings. The van der Waals surface area contributed by atoms with Crippen molar-refractivity contribution in [3.05, 3.63) is 52.0 Å². The molecule has 106 valence electrons. The van der Waals surface area contributed by atoms with Crippen LogP contribution in [0.15, 0.2) is 35.7 Å². The lowest BCUT2D eigenvalue weighted by atomic mass is 10.2. The lowest BCUT2D eigenvalue weighted by molar-refractivity contribution is -0.117. The summed E-state index contributed by atoms with van der Waals surface area (Å²) >= 11 is 1.65. The van der Waals surface area contributed by atoms with E-state index in [1.54, 1.807) is 23.5 Å². The van der Waals surface area contributed by atoms with E-state index in [4.69, 9.17) is 0 Å². The van der Waals surface area contributed by atoms with Crippen LogP contribution in [0.4, 0.5) is 10.1 Å². The largest absolute Gasteiger partial charge is 0.322 e. The molecule has 0 aliphatic rings. The zero-order chi connectivity index (χ0) is 14.5. The van der Waals surface area contributed by atoms with Crippen molar-refractivity contribution in [1.29, 1.82) is 0 Å². The van der Waals surface area contributed by atoms with Crippen molar-refractivity contribution in [2.75, 3.05) is 18.9 Å². The zero-order valence-electron chi connectivity index (χ0n) is 11.5. The van der Waals surface area contributed by atoms with Gasteiger partial charge in [0.15, 0.2) is 0 Å². The van der Waals surface area contributed by atoms with E-state index in [-0.39, 0.29) is 18.1 Å². The van der Waals surface area contributed by atoms with Crippen LogP contribution in [0.3, 0.4) is 0 Å². The third-order valence-corrected chi connectivity index (χ3v) is 3.68. The normalized spacial score (nSPS) is 10.8. The number of carbonyl (C=O) groups is 1. The first-order valence-corrected chi connectivity index (χ1v) is 7.19. The molecule has 0 atom stereocenters. The first-order chi connectivity index (χ1) is 9.54. The fraction of sp³-hybridized carbons (Fsp3) is 0.267. The van der Waals surface area contributed by atoms with Gasteiger partial charge in [0.25, 0.3) is 0 Å². The van der Waals surface area contributed by atoms with Gasteiger partial charge in [0.05, 0.1) is 12.2 Å². The molecule has 0 saturated heterocycles. The van der Waals surface area contributed by atoms with Crippen molar-refractivity contribution < 1.29 is 9.18 Å². The summed E-state index contributed by atoms with van der Waals surface area (Å²) in [6.45, 7) is 2.75. The summed E-state index contributed by atoms with van der Waals surface area (Å²) in [5.74, 6) is -0.619. The third-order valence-electron chi connectivity index (χ3n) is 2.82. The SMILES string of the molecule is Cc1ccc(NC(=O)CN(C)Cc2cccs2)c(F)c1. The quantitative estimate of drug-likeness (QED) is 0.917. The Morgan fingerprint density at radius 3 is 2.85 bits per heavy atom. The van der Waals surface area contributed by atoms with Crippen LogP contribution in [0, 0.1) is 12.7 Å². The molecule has 1 heterocycles. The molecule has 0 bridgehead atoms. The van der Waals surface area contributed by atoms with Crippen molar-refractivity contribution in [2.45, 2.75) is 13.5 Å². The Bertz CT molecular complexity index is 584. The molecule has 0 radical (unpaired) electrons. The Morgan fingerprint density at radius 2 is 2.20 bits per heavy atom. The van der Waals surface area contributed by atoms with Crippen LogP contribution in [0.25, 0.3) is 0 Å². The third kappa shape index (κ3) is 4.15. The van der Waals surface area contributed by atoms with Crippen LogP contribution in [0.1, 0.15) is 10.4 Å². The van der Waals surface area contributed by atoms with Gasteiger partial charge in [-0.3, -0.25) is 9.69 Å². The van der Waals surface area contributed by atoms with Crippen LogP contribution in [-0.2, 0) is 11.3 Å². The number of halogens is 1. The molecular weight excluding hydrogens is 275 g/mol. The van der Waals surface area contributed by atoms with Gasteiger partial charge in [0.1, 0.15) is 5.82 Å². The van der Waals surface area contributed by atoms with Crippen LogP contribution < -0.4 is 5.32 Å². The molecule has 0 aliphatic carbocycles. The summed E-state index contributed by atoms with van der Waals surface area (Å²) in [4.78, 5) is 15.0. The molecule has 1 N–H and O–H groups in total. The standard InChI is InChI=1S/C15H17FN2OS/c1-11-5-6-14(13(16)8-11)17-15(19)10-18(2)9-12-4-3-7-20-12/h3-8H,9-10H2,1-2H3,(H,17,19). The summed E-state index contributed by atoms with van der Waals surface area (Å²) in [5, 5.41) is 4.60. The molecule has 0 spiro atoms. The molecule has 1 aromatic heterocycles. The second kappa shape index (κ2) is 6.63. The number of amides is 1. The number of hydrogen-bond donors (Lipinski definition) is 1. The number of carbonyl (C=O) groups excluding carboxylic acids is 1. The van der Waals surface area contributed by atoms with E-state index < -0.39 is 5.82 Å². The highest BCUT2D eigenvalue weighted by Crippen LogP contribution is 2.15. The Balaban J connectivity index is 1.88. The van der Waals surface area contributed by atoms with Gasteiger partial charge < -0.3 is 5.32 Å². The number of anilines is 1. The van der Waals surface area contributed by atoms with Gasteiger partial charge in [-0.05, 0) is 43.1 Å². The minimum atomic E-state index is -0.403. The van der Waals surface area contributed by atoms with Gasteiger partial charge in [-0.15, -0.1) is 11.3 Å². The average Bonchev–Trinajstić information content (AvgIpc) is 2.85. The summed E-state index contributed by atoms with van der Waals surface area (Å²) in [6, 6.07) is 8.77. The van der Waals surface area contributed by atoms with E-state index in [2.05, 4.69) is 5.32 Å². The number of likely N-dealkylation sites (N-methyl/N-ethyl adjacent to an activating group) is 1. The maximum absolute atomic E-state index is 13.6. The van der Waals surface area contributed by atoms with E-state index in [0.717, 1.165) is 5.56 Å². The van der Waals surface area contributed by atoms with E-state index in [1.807, 2.05) is 36.4 Å². The monoisotopic (exact) mass is 292 g/mol. The molecule has 0 aliphatic heterocycles. The van der Waals surface area contributed by atoms with Crippen molar-refractivity contribution in [2.24, 2.45) is 0 Å². The highest BCUT2D eigenvalue weighted by Gasteiger charge is 2.10. The molecule has 1 aromatic carbocycles. The van der Waals surface area contributed by atoms with E-state index in [9.17, 15) is 9.18 Å². The molecule has 20 heavy (non-hydrogen) atoms. The molecule has 2 rings (SSSR count). The van der Waals surface area contributed by atoms with Crippen LogP contribution in [0.5, 0.6) is 0 Å². The minimum absolute atomic E-state index is 0.216. The van der Waals surface area contributed by atoms with E-state index in [1.165, 1.54) is 10.9 Å². The van der Waals surface area contributed by atoms with Crippen LogP contribution >= 0.6 is 11.3 Å². The van der Waals surface area contributed by atoms with Gasteiger partial charge in [-0.25, -0.2) is 4.39 Å². The van der Waals surface area contributed by atoms with Crippen LogP contribution in [0.2, 0.25) is 0 Å². The molecule has 5 heteroatoms. The fourth-order valence-corrected chi connectivity index (χ4v) is 2.66. The Morgan fingerprint density at radius 1 is 1.40 bits per heavy atom. The number of nitrogens with zero attached hydrogens (tertiary/aromatic N) is 1. The van der Waals surface area contributed by atoms with Crippen molar-refractivity contribution >= 4 is 22.9 Å². The molecule has 1 amide bonds. The lowest BCUT2D eigenvalue weighted by Gasteiger charge is -2.15. The van der Waals surface area contributed by atoms with Gasteiger partial charge >= 0.3 is 0 Å². The van der Waals surface area contributed by atoms with Gasteiger partial charge in [0.2, 0.25) is 5.91 Å². The van der Waals surface area contributed by atoms with Gasteiger partial charge in [-0.2, -0.15) is 0 Å². The fourth-order valence-electron chi connectivity index (χ4n) is 1.88. The van der Waals surface area contributed by atoms with Crippen molar-refractivity contribution in [1.82, 2.24) is 4.90 Å². The Hall–Kier alpha value is -1.72. The van der Waals surface area contributed by atoms with Crippen molar-refractivity contribution in [3.63, 3.8) is 0 Å². The van der Waals surface area contributed by atoms with Gasteiger partial charge in [0, 0.05) is 11.4 Å². The number of nitrogens with one attached hydrogen (secondary N) is 1. The number of benzene rings is 1. The highest BCUT2D eigenvalue weighted by molar-refractivity contribution is 7.09. The predicted molar refractivity (Wildman–Crippen MR) is 80.4 cm³/mol. The first-order valence-electron chi connectivity index (χ1n) is 6.31. The summed E-state index contributed by atoms with van der Waals surface area (Å²) in [5.41, 5.74) is 1.06. The number of thiophene rings is 1. The zero-order valence-corrected chi connectivity index (χ0v) is 12.3. The molecular formula is C15H17FN2OS. The molecule has 3 nitrogen and oxygen atoms in total. The maximum atomic E-state index is 13.6. The van der Waals surface area contributed by atoms with E-state index in [0.29, 0.717) is 6.54 Å². The topological polar surface area (TPSA) is 32.3 Å². The second-order valence-corrected chi connectivity index (χ2v) is 5.82. The Kier molecular flexibility index (Phi) is 4.87. The highest BCUT2D eigenvalue weighted by atomic mass is 32.1. The summed E-state index contributed by atoms with van der Waals surface area (Å²) in [6.07, 6.45) is 0. The summed E-state index contributed by atoms with van der Waals surface area (Å²) < 4.78 is 13.6. The Labute approximate surface area is 122 Å². The van der Waals surface area contributed by atoms with Crippen LogP contribution in [-0.4, -0.2) is 24.4 Å². The number of rotatable bonds is 5. The lowest BCUT2D eigenvalue weighted by Crippen LogP contribution is -2.29. The van der Waals surface area contributed by atoms with E-state index >= 15 is 0 Å². The first kappa shape index (κ1) is 14.7. The molecule has 0 unspecified atom stereocenters. The van der Waals surface area contributed by atoms with Crippen molar-refractivity contribution in [3.8, 4) is 0 Å². The molecule has 0 saturated carbocycles. The summed E-state index contributed by atoms with van der Waals surface area (Å²) in [7, 11) is 1.87.